The molecule has 1 N–H and O–H groups in total. The van der Waals surface area contributed by atoms with Crippen LogP contribution in [-0.2, 0) is 0 Å². The summed E-state index contributed by atoms with van der Waals surface area (Å²) in [5.74, 6) is -1.15. The van der Waals surface area contributed by atoms with Gasteiger partial charge in [0.15, 0.2) is 0 Å². The largest absolute Gasteiger partial charge is 0.305 e. The van der Waals surface area contributed by atoms with Gasteiger partial charge in [-0.05, 0) is 42.8 Å². The van der Waals surface area contributed by atoms with Gasteiger partial charge in [-0.3, -0.25) is 4.98 Å². The summed E-state index contributed by atoms with van der Waals surface area (Å²) in [5, 5.41) is 3.26. The molecule has 4 heteroatoms. The zero-order valence-electron chi connectivity index (χ0n) is 10.7. The molecular weight excluding hydrogens is 246 g/mol. The Morgan fingerprint density at radius 3 is 2.47 bits per heavy atom. The third-order valence-electron chi connectivity index (χ3n) is 2.80. The molecule has 1 heterocycles. The average Bonchev–Trinajstić information content (AvgIpc) is 2.39. The number of nitrogens with one attached hydrogen (secondary N) is 1. The van der Waals surface area contributed by atoms with Crippen LogP contribution in [0.1, 0.15) is 30.6 Å². The van der Waals surface area contributed by atoms with Crippen LogP contribution in [0.4, 0.5) is 8.78 Å². The maximum absolute atomic E-state index is 13.3. The maximum Gasteiger partial charge on any atom is 0.126 e. The third-order valence-corrected chi connectivity index (χ3v) is 2.80. The third kappa shape index (κ3) is 3.58. The summed E-state index contributed by atoms with van der Waals surface area (Å²) in [4.78, 5) is 4.26. The van der Waals surface area contributed by atoms with Gasteiger partial charge in [-0.25, -0.2) is 8.78 Å². The summed E-state index contributed by atoms with van der Waals surface area (Å²) in [7, 11) is 0. The smallest absolute Gasteiger partial charge is 0.126 e. The highest BCUT2D eigenvalue weighted by Crippen LogP contribution is 2.22. The van der Waals surface area contributed by atoms with E-state index in [1.165, 1.54) is 12.1 Å². The van der Waals surface area contributed by atoms with E-state index in [0.717, 1.165) is 24.7 Å². The Morgan fingerprint density at radius 2 is 1.89 bits per heavy atom. The Kier molecular flexibility index (Phi) is 4.58. The fourth-order valence-electron chi connectivity index (χ4n) is 1.97. The molecule has 0 radical (unpaired) electrons. The van der Waals surface area contributed by atoms with E-state index in [4.69, 9.17) is 0 Å². The second-order valence-electron chi connectivity index (χ2n) is 4.34. The summed E-state index contributed by atoms with van der Waals surface area (Å²) in [6.45, 7) is 2.79. The number of halogens is 2. The number of hydrogen-bond donors (Lipinski definition) is 1. The van der Waals surface area contributed by atoms with Gasteiger partial charge >= 0.3 is 0 Å². The van der Waals surface area contributed by atoms with Gasteiger partial charge in [0.05, 0.1) is 11.7 Å². The Morgan fingerprint density at radius 1 is 1.16 bits per heavy atom. The molecule has 0 amide bonds. The molecule has 0 bridgehead atoms. The van der Waals surface area contributed by atoms with E-state index in [1.54, 1.807) is 6.20 Å². The van der Waals surface area contributed by atoms with Crippen LogP contribution in [0.3, 0.4) is 0 Å². The van der Waals surface area contributed by atoms with E-state index in [0.29, 0.717) is 5.56 Å². The highest BCUT2D eigenvalue weighted by atomic mass is 19.1. The Labute approximate surface area is 111 Å². The van der Waals surface area contributed by atoms with Crippen molar-refractivity contribution in [3.63, 3.8) is 0 Å². The lowest BCUT2D eigenvalue weighted by Gasteiger charge is -2.18. The topological polar surface area (TPSA) is 24.9 Å². The molecule has 2 rings (SSSR count). The predicted octanol–water partition coefficient (Wildman–Crippen LogP) is 3.45. The van der Waals surface area contributed by atoms with E-state index in [2.05, 4.69) is 10.3 Å². The molecule has 0 saturated carbocycles. The van der Waals surface area contributed by atoms with Gasteiger partial charge in [0.2, 0.25) is 0 Å². The number of aromatic nitrogens is 1. The van der Waals surface area contributed by atoms with Crippen LogP contribution in [0.2, 0.25) is 0 Å². The first-order chi connectivity index (χ1) is 9.20. The van der Waals surface area contributed by atoms with E-state index in [1.807, 2.05) is 25.1 Å². The molecule has 1 aromatic carbocycles. The summed E-state index contributed by atoms with van der Waals surface area (Å²) in [6, 6.07) is 8.77. The molecule has 0 aliphatic carbocycles. The van der Waals surface area contributed by atoms with Crippen LogP contribution in [0, 0.1) is 11.6 Å². The lowest BCUT2D eigenvalue weighted by Crippen LogP contribution is -2.24. The van der Waals surface area contributed by atoms with Crippen molar-refractivity contribution in [1.82, 2.24) is 10.3 Å². The molecule has 1 aromatic heterocycles. The molecule has 0 spiro atoms. The van der Waals surface area contributed by atoms with E-state index < -0.39 is 11.6 Å². The molecule has 0 aliphatic rings. The number of nitrogens with zero attached hydrogens (tertiary/aromatic N) is 1. The monoisotopic (exact) mass is 262 g/mol. The van der Waals surface area contributed by atoms with E-state index in [9.17, 15) is 8.78 Å². The van der Waals surface area contributed by atoms with Crippen LogP contribution in [0.25, 0.3) is 0 Å². The SMILES string of the molecule is CCCNC(c1cc(F)cc(F)c1)c1ccccn1. The van der Waals surface area contributed by atoms with Crippen LogP contribution in [0.5, 0.6) is 0 Å². The lowest BCUT2D eigenvalue weighted by atomic mass is 10.0. The van der Waals surface area contributed by atoms with E-state index in [-0.39, 0.29) is 6.04 Å². The van der Waals surface area contributed by atoms with Crippen molar-refractivity contribution in [3.05, 3.63) is 65.5 Å². The highest BCUT2D eigenvalue weighted by Gasteiger charge is 2.16. The van der Waals surface area contributed by atoms with Gasteiger partial charge in [0.1, 0.15) is 11.6 Å². The zero-order valence-corrected chi connectivity index (χ0v) is 10.7. The van der Waals surface area contributed by atoms with Crippen molar-refractivity contribution < 1.29 is 8.78 Å². The minimum atomic E-state index is -0.575. The fraction of sp³-hybridized carbons (Fsp3) is 0.267. The molecule has 100 valence electrons. The maximum atomic E-state index is 13.3. The molecule has 2 aromatic rings. The fourth-order valence-corrected chi connectivity index (χ4v) is 1.97. The molecule has 19 heavy (non-hydrogen) atoms. The van der Waals surface area contributed by atoms with Crippen molar-refractivity contribution in [1.29, 1.82) is 0 Å². The molecular formula is C15H16F2N2. The Bertz CT molecular complexity index is 509. The summed E-state index contributed by atoms with van der Waals surface area (Å²) in [6.07, 6.45) is 2.60. The summed E-state index contributed by atoms with van der Waals surface area (Å²) >= 11 is 0. The minimum absolute atomic E-state index is 0.300. The van der Waals surface area contributed by atoms with Crippen LogP contribution < -0.4 is 5.32 Å². The Hall–Kier alpha value is -1.81. The van der Waals surface area contributed by atoms with Crippen LogP contribution in [0.15, 0.2) is 42.6 Å². The zero-order chi connectivity index (χ0) is 13.7. The summed E-state index contributed by atoms with van der Waals surface area (Å²) in [5.41, 5.74) is 1.30. The highest BCUT2D eigenvalue weighted by molar-refractivity contribution is 5.28. The van der Waals surface area contributed by atoms with Gasteiger partial charge in [0.25, 0.3) is 0 Å². The molecule has 0 fully saturated rings. The van der Waals surface area contributed by atoms with Crippen molar-refractivity contribution >= 4 is 0 Å². The second kappa shape index (κ2) is 6.38. The van der Waals surface area contributed by atoms with Crippen molar-refractivity contribution in [2.45, 2.75) is 19.4 Å². The van der Waals surface area contributed by atoms with Gasteiger partial charge < -0.3 is 5.32 Å². The van der Waals surface area contributed by atoms with Crippen LogP contribution >= 0.6 is 0 Å². The molecule has 0 saturated heterocycles. The van der Waals surface area contributed by atoms with Gasteiger partial charge in [-0.1, -0.05) is 13.0 Å². The van der Waals surface area contributed by atoms with Gasteiger partial charge in [0, 0.05) is 12.3 Å². The molecule has 1 unspecified atom stereocenters. The first-order valence-electron chi connectivity index (χ1n) is 6.31. The quantitative estimate of drug-likeness (QED) is 0.892. The molecule has 0 aliphatic heterocycles. The van der Waals surface area contributed by atoms with Gasteiger partial charge in [-0.2, -0.15) is 0 Å². The van der Waals surface area contributed by atoms with Crippen molar-refractivity contribution in [2.24, 2.45) is 0 Å². The minimum Gasteiger partial charge on any atom is -0.305 e. The average molecular weight is 262 g/mol. The standard InChI is InChI=1S/C15H16F2N2/c1-2-6-19-15(14-5-3-4-7-18-14)11-8-12(16)10-13(17)9-11/h3-5,7-10,15,19H,2,6H2,1H3. The number of hydrogen-bond acceptors (Lipinski definition) is 2. The van der Waals surface area contributed by atoms with Gasteiger partial charge in [-0.15, -0.1) is 0 Å². The van der Waals surface area contributed by atoms with Crippen LogP contribution in [-0.4, -0.2) is 11.5 Å². The molecule has 2 nitrogen and oxygen atoms in total. The van der Waals surface area contributed by atoms with Crippen molar-refractivity contribution in [2.75, 3.05) is 6.54 Å². The normalized spacial score (nSPS) is 12.4. The molecule has 1 atom stereocenters. The first kappa shape index (κ1) is 13.6. The van der Waals surface area contributed by atoms with E-state index >= 15 is 0 Å². The summed E-state index contributed by atoms with van der Waals surface area (Å²) < 4.78 is 26.7. The lowest BCUT2D eigenvalue weighted by molar-refractivity contribution is 0.553. The number of rotatable bonds is 5. The van der Waals surface area contributed by atoms with Crippen molar-refractivity contribution in [3.8, 4) is 0 Å². The predicted molar refractivity (Wildman–Crippen MR) is 70.7 cm³/mol. The second-order valence-corrected chi connectivity index (χ2v) is 4.34. The Balaban J connectivity index is 2.36. The number of pyridine rings is 1. The first-order valence-corrected chi connectivity index (χ1v) is 6.31. The number of benzene rings is 1.